The highest BCUT2D eigenvalue weighted by atomic mass is 19.1. The van der Waals surface area contributed by atoms with Gasteiger partial charge in [0, 0.05) is 57.9 Å². The van der Waals surface area contributed by atoms with Crippen LogP contribution in [0, 0.1) is 17.7 Å². The molecule has 2 atom stereocenters. The zero-order valence-corrected chi connectivity index (χ0v) is 25.8. The summed E-state index contributed by atoms with van der Waals surface area (Å²) in [5, 5.41) is 21.9. The molecule has 5 N–H and O–H groups in total. The second-order valence-electron chi connectivity index (χ2n) is 12.2. The number of carboxylic acids is 1. The lowest BCUT2D eigenvalue weighted by atomic mass is 9.96. The van der Waals surface area contributed by atoms with Gasteiger partial charge in [0.15, 0.2) is 11.6 Å². The normalized spacial score (nSPS) is 20.4. The van der Waals surface area contributed by atoms with Gasteiger partial charge < -0.3 is 41.1 Å². The second kappa shape index (κ2) is 15.3. The molecule has 0 radical (unpaired) electrons. The summed E-state index contributed by atoms with van der Waals surface area (Å²) < 4.78 is 15.5. The molecule has 3 aliphatic rings. The van der Waals surface area contributed by atoms with Crippen LogP contribution < -0.4 is 26.2 Å². The number of aromatic nitrogens is 2. The number of aliphatic carboxylic acids is 1. The van der Waals surface area contributed by atoms with Gasteiger partial charge in [0.1, 0.15) is 12.4 Å². The molecular formula is C31H44FN9O4. The molecule has 0 saturated carbocycles. The molecule has 14 heteroatoms. The molecule has 4 heterocycles. The predicted octanol–water partition coefficient (Wildman–Crippen LogP) is 1.84. The number of amides is 3. The Hall–Kier alpha value is -4.04. The maximum Gasteiger partial charge on any atom is 0.326 e. The van der Waals surface area contributed by atoms with E-state index in [1.807, 2.05) is 7.05 Å². The van der Waals surface area contributed by atoms with E-state index in [0.717, 1.165) is 39.0 Å². The van der Waals surface area contributed by atoms with Gasteiger partial charge in [-0.2, -0.15) is 4.39 Å². The maximum atomic E-state index is 15.5. The van der Waals surface area contributed by atoms with Crippen LogP contribution in [0.5, 0.6) is 0 Å². The molecule has 13 nitrogen and oxygen atoms in total. The number of benzene rings is 1. The predicted molar refractivity (Wildman–Crippen MR) is 169 cm³/mol. The fourth-order valence-electron chi connectivity index (χ4n) is 6.08. The minimum absolute atomic E-state index is 0.0802. The van der Waals surface area contributed by atoms with Crippen molar-refractivity contribution < 1.29 is 23.9 Å². The van der Waals surface area contributed by atoms with Crippen molar-refractivity contribution in [1.82, 2.24) is 30.4 Å². The van der Waals surface area contributed by atoms with Gasteiger partial charge >= 0.3 is 12.0 Å². The average molecular weight is 626 g/mol. The first kappa shape index (κ1) is 32.4. The summed E-state index contributed by atoms with van der Waals surface area (Å²) in [5.41, 5.74) is 1.32. The van der Waals surface area contributed by atoms with Crippen LogP contribution in [0.15, 0.2) is 30.6 Å². The Labute approximate surface area is 262 Å². The third-order valence-corrected chi connectivity index (χ3v) is 8.93. The number of nitrogens with zero attached hydrogens (tertiary/aromatic N) is 5. The molecule has 3 aliphatic heterocycles. The quantitative estimate of drug-likeness (QED) is 0.264. The van der Waals surface area contributed by atoms with Gasteiger partial charge in [0.25, 0.3) is 0 Å². The molecule has 2 aromatic rings. The van der Waals surface area contributed by atoms with E-state index in [9.17, 15) is 19.5 Å². The van der Waals surface area contributed by atoms with Crippen molar-refractivity contribution in [3.05, 3.63) is 42.0 Å². The van der Waals surface area contributed by atoms with Crippen LogP contribution in [0.1, 0.15) is 31.2 Å². The van der Waals surface area contributed by atoms with Crippen LogP contribution in [-0.4, -0.2) is 115 Å². The highest BCUT2D eigenvalue weighted by molar-refractivity contribution is 5.89. The van der Waals surface area contributed by atoms with Gasteiger partial charge in [0.05, 0.1) is 5.92 Å². The number of carbonyl (C=O) groups is 3. The minimum Gasteiger partial charge on any atom is -0.480 e. The lowest BCUT2D eigenvalue weighted by Gasteiger charge is -2.33. The summed E-state index contributed by atoms with van der Waals surface area (Å²) in [5.74, 6) is -1.85. The van der Waals surface area contributed by atoms with Crippen LogP contribution in [-0.2, 0) is 16.0 Å². The van der Waals surface area contributed by atoms with Gasteiger partial charge in [-0.1, -0.05) is 12.1 Å². The molecule has 0 bridgehead atoms. The number of hydrogen-bond donors (Lipinski definition) is 5. The van der Waals surface area contributed by atoms with E-state index in [4.69, 9.17) is 0 Å². The molecule has 5 rings (SSSR count). The fraction of sp³-hybridized carbons (Fsp3) is 0.581. The first-order valence-electron chi connectivity index (χ1n) is 15.8. The Morgan fingerprint density at radius 3 is 2.49 bits per heavy atom. The number of anilines is 3. The van der Waals surface area contributed by atoms with Gasteiger partial charge in [0.2, 0.25) is 11.7 Å². The van der Waals surface area contributed by atoms with Crippen molar-refractivity contribution in [2.24, 2.45) is 11.8 Å². The molecule has 1 unspecified atom stereocenters. The number of carboxylic acid groups (broad SMARTS) is 1. The van der Waals surface area contributed by atoms with Gasteiger partial charge in [-0.05, 0) is 69.4 Å². The fourth-order valence-corrected chi connectivity index (χ4v) is 6.08. The van der Waals surface area contributed by atoms with Crippen LogP contribution in [0.3, 0.4) is 0 Å². The number of halogens is 1. The van der Waals surface area contributed by atoms with Crippen LogP contribution in [0.25, 0.3) is 0 Å². The zero-order valence-electron chi connectivity index (χ0n) is 25.8. The molecule has 3 saturated heterocycles. The summed E-state index contributed by atoms with van der Waals surface area (Å²) in [6.07, 6.45) is 4.65. The Bertz CT molecular complexity index is 1320. The topological polar surface area (TPSA) is 155 Å². The largest absolute Gasteiger partial charge is 0.480 e. The lowest BCUT2D eigenvalue weighted by molar-refractivity contribution is -0.142. The molecule has 45 heavy (non-hydrogen) atoms. The number of urea groups is 1. The summed E-state index contributed by atoms with van der Waals surface area (Å²) in [6, 6.07) is 5.65. The first-order chi connectivity index (χ1) is 21.8. The Kier molecular flexibility index (Phi) is 11.0. The SMILES string of the molecule is CN1CCN(C(=O)Nc2ccc(C[C@H](NC(=O)C3CCCN(c4ncnc(NCC5CCNCC5)c4F)C3)C(=O)O)cc2)CC1. The van der Waals surface area contributed by atoms with Crippen molar-refractivity contribution in [3.8, 4) is 0 Å². The van der Waals surface area contributed by atoms with Gasteiger partial charge in [-0.15, -0.1) is 0 Å². The Morgan fingerprint density at radius 2 is 1.78 bits per heavy atom. The summed E-state index contributed by atoms with van der Waals surface area (Å²) in [6.45, 7) is 6.25. The van der Waals surface area contributed by atoms with Crippen molar-refractivity contribution in [2.75, 3.05) is 81.5 Å². The molecule has 0 aliphatic carbocycles. The zero-order chi connectivity index (χ0) is 31.8. The van der Waals surface area contributed by atoms with E-state index in [2.05, 4.69) is 36.1 Å². The lowest BCUT2D eigenvalue weighted by Crippen LogP contribution is -2.49. The third kappa shape index (κ3) is 8.78. The molecule has 3 amide bonds. The minimum atomic E-state index is -1.14. The standard InChI is InChI=1S/C31H44FN9O4/c1-39-13-15-40(16-14-39)31(45)37-24-6-4-21(5-7-24)17-25(30(43)44)38-29(42)23-3-2-12-41(19-23)28-26(32)27(35-20-36-28)34-18-22-8-10-33-11-9-22/h4-7,20,22-23,25,33H,2-3,8-19H2,1H3,(H,37,45)(H,38,42)(H,43,44)(H,34,35,36)/t23?,25-/m0/s1. The van der Waals surface area contributed by atoms with Crippen LogP contribution in [0.2, 0.25) is 0 Å². The van der Waals surface area contributed by atoms with Gasteiger partial charge in [-0.3, -0.25) is 4.79 Å². The first-order valence-corrected chi connectivity index (χ1v) is 15.8. The monoisotopic (exact) mass is 625 g/mol. The smallest absolute Gasteiger partial charge is 0.326 e. The molecule has 3 fully saturated rings. The van der Waals surface area contributed by atoms with E-state index in [-0.39, 0.29) is 36.5 Å². The number of likely N-dealkylation sites (N-methyl/N-ethyl adjacent to an activating group) is 1. The highest BCUT2D eigenvalue weighted by Gasteiger charge is 2.31. The molecular weight excluding hydrogens is 581 g/mol. The van der Waals surface area contributed by atoms with Crippen molar-refractivity contribution in [3.63, 3.8) is 0 Å². The highest BCUT2D eigenvalue weighted by Crippen LogP contribution is 2.27. The van der Waals surface area contributed by atoms with Crippen LogP contribution in [0.4, 0.5) is 26.5 Å². The average Bonchev–Trinajstić information content (AvgIpc) is 3.05. The second-order valence-corrected chi connectivity index (χ2v) is 12.2. The molecule has 1 aromatic heterocycles. The summed E-state index contributed by atoms with van der Waals surface area (Å²) in [4.78, 5) is 51.9. The van der Waals surface area contributed by atoms with E-state index >= 15 is 4.39 Å². The number of nitrogens with one attached hydrogen (secondary N) is 4. The van der Waals surface area contributed by atoms with E-state index in [1.165, 1.54) is 6.33 Å². The van der Waals surface area contributed by atoms with E-state index in [1.54, 1.807) is 34.1 Å². The number of piperazine rings is 1. The maximum absolute atomic E-state index is 15.5. The molecule has 0 spiro atoms. The molecule has 1 aromatic carbocycles. The summed E-state index contributed by atoms with van der Waals surface area (Å²) >= 11 is 0. The molecule has 244 valence electrons. The summed E-state index contributed by atoms with van der Waals surface area (Å²) in [7, 11) is 2.02. The van der Waals surface area contributed by atoms with Crippen molar-refractivity contribution >= 4 is 35.2 Å². The Morgan fingerprint density at radius 1 is 1.04 bits per heavy atom. The van der Waals surface area contributed by atoms with Crippen molar-refractivity contribution in [1.29, 1.82) is 0 Å². The number of hydrogen-bond acceptors (Lipinski definition) is 9. The number of rotatable bonds is 10. The van der Waals surface area contributed by atoms with E-state index < -0.39 is 23.7 Å². The third-order valence-electron chi connectivity index (χ3n) is 8.93. The van der Waals surface area contributed by atoms with Crippen molar-refractivity contribution in [2.45, 2.75) is 38.1 Å². The number of carbonyl (C=O) groups excluding carboxylic acids is 2. The van der Waals surface area contributed by atoms with E-state index in [0.29, 0.717) is 56.2 Å². The van der Waals surface area contributed by atoms with Crippen LogP contribution >= 0.6 is 0 Å². The Balaban J connectivity index is 1.14. The number of piperidine rings is 2. The van der Waals surface area contributed by atoms with Gasteiger partial charge in [-0.25, -0.2) is 19.6 Å².